The van der Waals surface area contributed by atoms with Crippen LogP contribution in [0.3, 0.4) is 0 Å². The minimum Gasteiger partial charge on any atom is -0.507 e. The van der Waals surface area contributed by atoms with E-state index in [1.54, 1.807) is 25.1 Å². The Kier molecular flexibility index (Phi) is 4.75. The van der Waals surface area contributed by atoms with E-state index in [-0.39, 0.29) is 11.4 Å². The standard InChI is InChI=1S/C20H17N3O3/c1-13-12-18(22-21-16-6-4-3-5-7-16)14(2)19(20(13)24)15-8-10-17(11-9-15)23(25)26/h3-12,24H,1-2H3. The summed E-state index contributed by atoms with van der Waals surface area (Å²) in [4.78, 5) is 10.4. The summed E-state index contributed by atoms with van der Waals surface area (Å²) in [7, 11) is 0. The molecule has 6 heteroatoms. The fourth-order valence-electron chi connectivity index (χ4n) is 2.70. The first-order valence-corrected chi connectivity index (χ1v) is 8.02. The molecule has 0 aliphatic rings. The summed E-state index contributed by atoms with van der Waals surface area (Å²) in [5.41, 5.74) is 4.06. The fourth-order valence-corrected chi connectivity index (χ4v) is 2.70. The van der Waals surface area contributed by atoms with Gasteiger partial charge in [0.25, 0.3) is 5.69 Å². The molecule has 0 aliphatic heterocycles. The molecule has 0 saturated heterocycles. The molecule has 26 heavy (non-hydrogen) atoms. The van der Waals surface area contributed by atoms with Crippen molar-refractivity contribution in [2.75, 3.05) is 0 Å². The van der Waals surface area contributed by atoms with E-state index in [1.165, 1.54) is 12.1 Å². The first-order chi connectivity index (χ1) is 12.5. The highest BCUT2D eigenvalue weighted by Gasteiger charge is 2.16. The number of aryl methyl sites for hydroxylation is 1. The van der Waals surface area contributed by atoms with Crippen molar-refractivity contribution >= 4 is 17.1 Å². The van der Waals surface area contributed by atoms with Crippen LogP contribution >= 0.6 is 0 Å². The van der Waals surface area contributed by atoms with Crippen molar-refractivity contribution in [2.45, 2.75) is 13.8 Å². The SMILES string of the molecule is Cc1cc(N=Nc2ccccc2)c(C)c(-c2ccc([N+](=O)[O-])cc2)c1O. The summed E-state index contributed by atoms with van der Waals surface area (Å²) in [6.07, 6.45) is 0. The zero-order chi connectivity index (χ0) is 18.7. The van der Waals surface area contributed by atoms with Gasteiger partial charge in [0, 0.05) is 17.7 Å². The molecular formula is C20H17N3O3. The maximum absolute atomic E-state index is 10.8. The van der Waals surface area contributed by atoms with Gasteiger partial charge in [0.05, 0.1) is 16.3 Å². The highest BCUT2D eigenvalue weighted by molar-refractivity contribution is 5.80. The van der Waals surface area contributed by atoms with Gasteiger partial charge in [-0.2, -0.15) is 10.2 Å². The van der Waals surface area contributed by atoms with Crippen LogP contribution < -0.4 is 0 Å². The number of phenols is 1. The lowest BCUT2D eigenvalue weighted by Gasteiger charge is -2.13. The van der Waals surface area contributed by atoms with Crippen molar-refractivity contribution in [2.24, 2.45) is 10.2 Å². The lowest BCUT2D eigenvalue weighted by atomic mass is 9.95. The Hall–Kier alpha value is -3.54. The van der Waals surface area contributed by atoms with Gasteiger partial charge in [0.2, 0.25) is 0 Å². The van der Waals surface area contributed by atoms with Gasteiger partial charge in [0.15, 0.2) is 0 Å². The zero-order valence-corrected chi connectivity index (χ0v) is 14.4. The molecule has 0 unspecified atom stereocenters. The van der Waals surface area contributed by atoms with Gasteiger partial charge >= 0.3 is 0 Å². The van der Waals surface area contributed by atoms with Crippen molar-refractivity contribution in [3.63, 3.8) is 0 Å². The van der Waals surface area contributed by atoms with Crippen LogP contribution in [0.15, 0.2) is 70.9 Å². The van der Waals surface area contributed by atoms with E-state index in [1.807, 2.05) is 37.3 Å². The molecule has 3 aromatic carbocycles. The second-order valence-corrected chi connectivity index (χ2v) is 5.90. The quantitative estimate of drug-likeness (QED) is 0.356. The summed E-state index contributed by atoms with van der Waals surface area (Å²) in [5, 5.41) is 29.9. The number of non-ortho nitro benzene ring substituents is 1. The molecule has 3 rings (SSSR count). The summed E-state index contributed by atoms with van der Waals surface area (Å²) in [5.74, 6) is 0.134. The Balaban J connectivity index is 2.07. The molecular weight excluding hydrogens is 330 g/mol. The number of rotatable bonds is 4. The molecule has 0 radical (unpaired) electrons. The Morgan fingerprint density at radius 2 is 1.62 bits per heavy atom. The van der Waals surface area contributed by atoms with Crippen LogP contribution in [0.4, 0.5) is 17.1 Å². The van der Waals surface area contributed by atoms with Crippen molar-refractivity contribution in [1.82, 2.24) is 0 Å². The Labute approximate surface area is 150 Å². The molecule has 0 saturated carbocycles. The molecule has 130 valence electrons. The minimum absolute atomic E-state index is 0.00235. The van der Waals surface area contributed by atoms with Crippen LogP contribution in [-0.2, 0) is 0 Å². The Morgan fingerprint density at radius 3 is 2.23 bits per heavy atom. The van der Waals surface area contributed by atoms with E-state index < -0.39 is 4.92 Å². The zero-order valence-electron chi connectivity index (χ0n) is 14.4. The molecule has 0 heterocycles. The normalized spacial score (nSPS) is 11.0. The third kappa shape index (κ3) is 3.44. The number of aromatic hydroxyl groups is 1. The number of nitro benzene ring substituents is 1. The predicted molar refractivity (Wildman–Crippen MR) is 100 cm³/mol. The van der Waals surface area contributed by atoms with Crippen LogP contribution in [0.1, 0.15) is 11.1 Å². The van der Waals surface area contributed by atoms with E-state index in [0.717, 1.165) is 11.3 Å². The van der Waals surface area contributed by atoms with Crippen LogP contribution in [0, 0.1) is 24.0 Å². The number of phenolic OH excluding ortho intramolecular Hbond substituents is 1. The van der Waals surface area contributed by atoms with Crippen LogP contribution in [0.2, 0.25) is 0 Å². The van der Waals surface area contributed by atoms with Crippen molar-refractivity contribution < 1.29 is 10.0 Å². The molecule has 0 amide bonds. The molecule has 0 aliphatic carbocycles. The molecule has 6 nitrogen and oxygen atoms in total. The van der Waals surface area contributed by atoms with E-state index in [0.29, 0.717) is 22.4 Å². The number of hydrogen-bond acceptors (Lipinski definition) is 5. The topological polar surface area (TPSA) is 88.1 Å². The first kappa shape index (κ1) is 17.3. The van der Waals surface area contributed by atoms with Crippen molar-refractivity contribution in [1.29, 1.82) is 0 Å². The molecule has 0 atom stereocenters. The number of azo groups is 1. The fraction of sp³-hybridized carbons (Fsp3) is 0.100. The number of hydrogen-bond donors (Lipinski definition) is 1. The van der Waals surface area contributed by atoms with Gasteiger partial charge in [-0.1, -0.05) is 18.2 Å². The number of nitrogens with zero attached hydrogens (tertiary/aromatic N) is 3. The summed E-state index contributed by atoms with van der Waals surface area (Å²) >= 11 is 0. The molecule has 0 spiro atoms. The smallest absolute Gasteiger partial charge is 0.269 e. The Bertz CT molecular complexity index is 981. The van der Waals surface area contributed by atoms with E-state index >= 15 is 0 Å². The molecule has 0 fully saturated rings. The minimum atomic E-state index is -0.452. The maximum Gasteiger partial charge on any atom is 0.269 e. The average Bonchev–Trinajstić information content (AvgIpc) is 2.65. The predicted octanol–water partition coefficient (Wildman–Crippen LogP) is 6.00. The average molecular weight is 347 g/mol. The van der Waals surface area contributed by atoms with E-state index in [2.05, 4.69) is 10.2 Å². The van der Waals surface area contributed by atoms with E-state index in [9.17, 15) is 15.2 Å². The lowest BCUT2D eigenvalue weighted by molar-refractivity contribution is -0.384. The van der Waals surface area contributed by atoms with Crippen molar-refractivity contribution in [3.8, 4) is 16.9 Å². The summed E-state index contributed by atoms with van der Waals surface area (Å²) < 4.78 is 0. The van der Waals surface area contributed by atoms with Gasteiger partial charge < -0.3 is 5.11 Å². The molecule has 3 aromatic rings. The van der Waals surface area contributed by atoms with Gasteiger partial charge in [-0.05, 0) is 60.9 Å². The van der Waals surface area contributed by atoms with Crippen LogP contribution in [-0.4, -0.2) is 10.0 Å². The van der Waals surface area contributed by atoms with Gasteiger partial charge in [0.1, 0.15) is 5.75 Å². The maximum atomic E-state index is 10.8. The van der Waals surface area contributed by atoms with Gasteiger partial charge in [-0.15, -0.1) is 0 Å². The van der Waals surface area contributed by atoms with Crippen LogP contribution in [0.5, 0.6) is 5.75 Å². The van der Waals surface area contributed by atoms with Gasteiger partial charge in [-0.3, -0.25) is 10.1 Å². The molecule has 1 N–H and O–H groups in total. The second-order valence-electron chi connectivity index (χ2n) is 5.90. The van der Waals surface area contributed by atoms with Crippen LogP contribution in [0.25, 0.3) is 11.1 Å². The highest BCUT2D eigenvalue weighted by atomic mass is 16.6. The van der Waals surface area contributed by atoms with Gasteiger partial charge in [-0.25, -0.2) is 0 Å². The largest absolute Gasteiger partial charge is 0.507 e. The molecule has 0 bridgehead atoms. The third-order valence-corrected chi connectivity index (χ3v) is 4.12. The summed E-state index contributed by atoms with van der Waals surface area (Å²) in [6.45, 7) is 3.63. The summed E-state index contributed by atoms with van der Waals surface area (Å²) in [6, 6.07) is 17.2. The second kappa shape index (κ2) is 7.14. The Morgan fingerprint density at radius 1 is 0.962 bits per heavy atom. The first-order valence-electron chi connectivity index (χ1n) is 8.02. The van der Waals surface area contributed by atoms with Crippen molar-refractivity contribution in [3.05, 3.63) is 81.9 Å². The highest BCUT2D eigenvalue weighted by Crippen LogP contribution is 2.41. The monoisotopic (exact) mass is 347 g/mol. The number of benzene rings is 3. The number of nitro groups is 1. The lowest BCUT2D eigenvalue weighted by Crippen LogP contribution is -1.91. The van der Waals surface area contributed by atoms with E-state index in [4.69, 9.17) is 0 Å². The molecule has 0 aromatic heterocycles. The third-order valence-electron chi connectivity index (χ3n) is 4.12.